The molecule has 1 aromatic carbocycles. The molecular formula is C13H18Cl2O2. The normalized spacial score (nSPS) is 10.9. The minimum absolute atomic E-state index is 0.392. The molecule has 2 nitrogen and oxygen atoms in total. The van der Waals surface area contributed by atoms with E-state index in [2.05, 4.69) is 13.8 Å². The van der Waals surface area contributed by atoms with Crippen LogP contribution >= 0.6 is 23.2 Å². The van der Waals surface area contributed by atoms with Gasteiger partial charge in [-0.25, -0.2) is 0 Å². The third kappa shape index (κ3) is 5.15. The maximum absolute atomic E-state index is 6.05. The zero-order valence-corrected chi connectivity index (χ0v) is 11.7. The molecule has 0 atom stereocenters. The van der Waals surface area contributed by atoms with Gasteiger partial charge in [0.15, 0.2) is 0 Å². The Labute approximate surface area is 113 Å². The van der Waals surface area contributed by atoms with Gasteiger partial charge in [0.1, 0.15) is 12.4 Å². The lowest BCUT2D eigenvalue weighted by Gasteiger charge is -2.12. The number of benzene rings is 1. The third-order valence-corrected chi connectivity index (χ3v) is 2.70. The summed E-state index contributed by atoms with van der Waals surface area (Å²) in [4.78, 5) is 0. The van der Waals surface area contributed by atoms with Crippen LogP contribution in [-0.2, 0) is 10.6 Å². The third-order valence-electron chi connectivity index (χ3n) is 2.12. The van der Waals surface area contributed by atoms with Crippen molar-refractivity contribution >= 4 is 23.2 Å². The Morgan fingerprint density at radius 3 is 2.65 bits per heavy atom. The van der Waals surface area contributed by atoms with E-state index >= 15 is 0 Å². The summed E-state index contributed by atoms with van der Waals surface area (Å²) in [5.41, 5.74) is 0.906. The van der Waals surface area contributed by atoms with Gasteiger partial charge in [-0.2, -0.15) is 0 Å². The number of para-hydroxylation sites is 1. The average molecular weight is 277 g/mol. The summed E-state index contributed by atoms with van der Waals surface area (Å²) in [6.07, 6.45) is 0. The molecule has 17 heavy (non-hydrogen) atoms. The van der Waals surface area contributed by atoms with Crippen LogP contribution in [0.5, 0.6) is 5.75 Å². The summed E-state index contributed by atoms with van der Waals surface area (Å²) in [6, 6.07) is 5.56. The van der Waals surface area contributed by atoms with Crippen LogP contribution in [0.25, 0.3) is 0 Å². The van der Waals surface area contributed by atoms with Gasteiger partial charge in [-0.3, -0.25) is 0 Å². The molecule has 0 saturated heterocycles. The van der Waals surface area contributed by atoms with Gasteiger partial charge >= 0.3 is 0 Å². The van der Waals surface area contributed by atoms with Crippen LogP contribution in [0, 0.1) is 5.92 Å². The van der Waals surface area contributed by atoms with Crippen LogP contribution in [-0.4, -0.2) is 19.8 Å². The molecule has 1 aromatic rings. The molecule has 0 unspecified atom stereocenters. The van der Waals surface area contributed by atoms with Gasteiger partial charge in [-0.1, -0.05) is 37.6 Å². The second-order valence-corrected chi connectivity index (χ2v) is 4.85. The van der Waals surface area contributed by atoms with E-state index in [1.54, 1.807) is 6.07 Å². The number of halogens is 2. The maximum atomic E-state index is 6.05. The van der Waals surface area contributed by atoms with Crippen molar-refractivity contribution in [2.45, 2.75) is 19.7 Å². The molecule has 0 fully saturated rings. The van der Waals surface area contributed by atoms with E-state index in [4.69, 9.17) is 32.7 Å². The molecule has 0 bridgehead atoms. The van der Waals surface area contributed by atoms with Crippen molar-refractivity contribution in [2.75, 3.05) is 19.8 Å². The summed E-state index contributed by atoms with van der Waals surface area (Å²) in [7, 11) is 0. The fourth-order valence-electron chi connectivity index (χ4n) is 1.34. The van der Waals surface area contributed by atoms with Crippen molar-refractivity contribution in [3.05, 3.63) is 28.8 Å². The molecule has 0 aromatic heterocycles. The standard InChI is InChI=1S/C13H18Cl2O2/c1-10(2)9-16-6-7-17-13-11(8-14)4-3-5-12(13)15/h3-5,10H,6-9H2,1-2H3. The summed E-state index contributed by atoms with van der Waals surface area (Å²) >= 11 is 11.9. The van der Waals surface area contributed by atoms with Gasteiger partial charge < -0.3 is 9.47 Å². The Hall–Kier alpha value is -0.440. The van der Waals surface area contributed by atoms with E-state index in [1.165, 1.54) is 0 Å². The van der Waals surface area contributed by atoms with E-state index in [0.29, 0.717) is 35.8 Å². The van der Waals surface area contributed by atoms with E-state index in [-0.39, 0.29) is 0 Å². The molecule has 0 aliphatic carbocycles. The van der Waals surface area contributed by atoms with Crippen LogP contribution in [0.3, 0.4) is 0 Å². The molecule has 0 aliphatic heterocycles. The van der Waals surface area contributed by atoms with Crippen LogP contribution < -0.4 is 4.74 Å². The highest BCUT2D eigenvalue weighted by molar-refractivity contribution is 6.32. The van der Waals surface area contributed by atoms with Crippen molar-refractivity contribution in [1.29, 1.82) is 0 Å². The Morgan fingerprint density at radius 1 is 1.24 bits per heavy atom. The van der Waals surface area contributed by atoms with Crippen molar-refractivity contribution in [1.82, 2.24) is 0 Å². The second kappa shape index (κ2) is 7.80. The van der Waals surface area contributed by atoms with E-state index in [9.17, 15) is 0 Å². The van der Waals surface area contributed by atoms with Crippen LogP contribution in [0.15, 0.2) is 18.2 Å². The van der Waals surface area contributed by atoms with E-state index < -0.39 is 0 Å². The number of rotatable bonds is 7. The average Bonchev–Trinajstić information content (AvgIpc) is 2.30. The van der Waals surface area contributed by atoms with Crippen LogP contribution in [0.1, 0.15) is 19.4 Å². The van der Waals surface area contributed by atoms with Crippen molar-refractivity contribution in [2.24, 2.45) is 5.92 Å². The second-order valence-electron chi connectivity index (χ2n) is 4.18. The summed E-state index contributed by atoms with van der Waals surface area (Å²) in [5, 5.41) is 0.590. The molecular weight excluding hydrogens is 259 g/mol. The monoisotopic (exact) mass is 276 g/mol. The lowest BCUT2D eigenvalue weighted by molar-refractivity contribution is 0.0817. The predicted molar refractivity (Wildman–Crippen MR) is 72.2 cm³/mol. The lowest BCUT2D eigenvalue weighted by Crippen LogP contribution is -2.11. The topological polar surface area (TPSA) is 18.5 Å². The Bertz CT molecular complexity index is 340. The largest absolute Gasteiger partial charge is 0.489 e. The number of alkyl halides is 1. The summed E-state index contributed by atoms with van der Waals surface area (Å²) in [6.45, 7) is 6.01. The van der Waals surface area contributed by atoms with Crippen molar-refractivity contribution in [3.63, 3.8) is 0 Å². The summed E-state index contributed by atoms with van der Waals surface area (Å²) in [5.74, 6) is 1.59. The molecule has 0 amide bonds. The Kier molecular flexibility index (Phi) is 6.71. The first-order valence-electron chi connectivity index (χ1n) is 5.69. The van der Waals surface area contributed by atoms with Crippen LogP contribution in [0.4, 0.5) is 0 Å². The quantitative estimate of drug-likeness (QED) is 0.551. The number of hydrogen-bond donors (Lipinski definition) is 0. The van der Waals surface area contributed by atoms with Gasteiger partial charge in [0.2, 0.25) is 0 Å². The predicted octanol–water partition coefficient (Wildman–Crippen LogP) is 4.13. The van der Waals surface area contributed by atoms with Gasteiger partial charge in [0.25, 0.3) is 0 Å². The molecule has 0 N–H and O–H groups in total. The molecule has 96 valence electrons. The SMILES string of the molecule is CC(C)COCCOc1c(Cl)cccc1CCl. The summed E-state index contributed by atoms with van der Waals surface area (Å²) < 4.78 is 11.0. The first kappa shape index (κ1) is 14.6. The van der Waals surface area contributed by atoms with E-state index in [1.807, 2.05) is 12.1 Å². The molecule has 1 rings (SSSR count). The zero-order valence-electron chi connectivity index (χ0n) is 10.2. The fourth-order valence-corrected chi connectivity index (χ4v) is 1.80. The molecule has 0 saturated carbocycles. The fraction of sp³-hybridized carbons (Fsp3) is 0.538. The van der Waals surface area contributed by atoms with Crippen LogP contribution in [0.2, 0.25) is 5.02 Å². The number of hydrogen-bond acceptors (Lipinski definition) is 2. The maximum Gasteiger partial charge on any atom is 0.142 e. The highest BCUT2D eigenvalue weighted by Gasteiger charge is 2.07. The molecule has 0 aliphatic rings. The minimum atomic E-state index is 0.392. The Balaban J connectivity index is 2.40. The molecule has 0 radical (unpaired) electrons. The zero-order chi connectivity index (χ0) is 12.7. The van der Waals surface area contributed by atoms with E-state index in [0.717, 1.165) is 12.2 Å². The smallest absolute Gasteiger partial charge is 0.142 e. The number of ether oxygens (including phenoxy) is 2. The highest BCUT2D eigenvalue weighted by Crippen LogP contribution is 2.29. The molecule has 4 heteroatoms. The van der Waals surface area contributed by atoms with Gasteiger partial charge in [-0.05, 0) is 12.0 Å². The first-order valence-corrected chi connectivity index (χ1v) is 6.60. The lowest BCUT2D eigenvalue weighted by atomic mass is 10.2. The van der Waals surface area contributed by atoms with Gasteiger partial charge in [-0.15, -0.1) is 11.6 Å². The van der Waals surface area contributed by atoms with Gasteiger partial charge in [0, 0.05) is 12.2 Å². The highest BCUT2D eigenvalue weighted by atomic mass is 35.5. The van der Waals surface area contributed by atoms with Crippen molar-refractivity contribution < 1.29 is 9.47 Å². The molecule has 0 heterocycles. The minimum Gasteiger partial charge on any atom is -0.489 e. The van der Waals surface area contributed by atoms with Gasteiger partial charge in [0.05, 0.1) is 17.5 Å². The molecule has 0 spiro atoms. The first-order chi connectivity index (χ1) is 8.15. The Morgan fingerprint density at radius 2 is 2.00 bits per heavy atom. The van der Waals surface area contributed by atoms with Crippen molar-refractivity contribution in [3.8, 4) is 5.75 Å².